The Labute approximate surface area is 157 Å². The average molecular weight is 419 g/mol. The molecule has 0 aliphatic heterocycles. The van der Waals surface area contributed by atoms with Crippen molar-refractivity contribution in [1.29, 1.82) is 0 Å². The molecule has 0 fully saturated rings. The highest BCUT2D eigenvalue weighted by atomic mass is 79.9. The van der Waals surface area contributed by atoms with Crippen LogP contribution in [0.1, 0.15) is 15.2 Å². The molecule has 1 aromatic carbocycles. The third-order valence-corrected chi connectivity index (χ3v) is 4.78. The molecule has 0 aliphatic carbocycles. The number of aromatic nitrogens is 2. The molecule has 25 heavy (non-hydrogen) atoms. The van der Waals surface area contributed by atoms with Crippen LogP contribution in [0, 0.1) is 0 Å². The molecule has 0 saturated heterocycles. The molecule has 0 unspecified atom stereocenters. The highest BCUT2D eigenvalue weighted by molar-refractivity contribution is 9.10. The van der Waals surface area contributed by atoms with Crippen molar-refractivity contribution in [2.75, 3.05) is 11.9 Å². The summed E-state index contributed by atoms with van der Waals surface area (Å²) < 4.78 is 2.70. The van der Waals surface area contributed by atoms with Crippen molar-refractivity contribution in [2.24, 2.45) is 0 Å². The topological polar surface area (TPSA) is 76.0 Å². The lowest BCUT2D eigenvalue weighted by Gasteiger charge is -2.10. The van der Waals surface area contributed by atoms with Crippen molar-refractivity contribution >= 4 is 44.9 Å². The van der Waals surface area contributed by atoms with E-state index < -0.39 is 0 Å². The smallest absolute Gasteiger partial charge is 0.261 e. The maximum atomic E-state index is 12.1. The number of halogens is 1. The summed E-state index contributed by atoms with van der Waals surface area (Å²) >= 11 is 4.73. The largest absolute Gasteiger partial charge is 0.342 e. The molecule has 3 aromatic rings. The van der Waals surface area contributed by atoms with E-state index in [1.54, 1.807) is 29.1 Å². The van der Waals surface area contributed by atoms with Gasteiger partial charge in [-0.3, -0.25) is 9.59 Å². The number of amides is 2. The zero-order chi connectivity index (χ0) is 17.6. The summed E-state index contributed by atoms with van der Waals surface area (Å²) in [5, 5.41) is 11.4. The van der Waals surface area contributed by atoms with Crippen LogP contribution in [0.5, 0.6) is 0 Å². The van der Waals surface area contributed by atoms with Crippen LogP contribution in [0.15, 0.2) is 58.5 Å². The van der Waals surface area contributed by atoms with Crippen LogP contribution < -0.4 is 10.6 Å². The molecule has 128 valence electrons. The van der Waals surface area contributed by atoms with E-state index in [1.807, 2.05) is 29.6 Å². The molecule has 8 heteroatoms. The first kappa shape index (κ1) is 17.4. The van der Waals surface area contributed by atoms with Gasteiger partial charge in [0, 0.05) is 10.5 Å². The molecule has 2 heterocycles. The maximum absolute atomic E-state index is 12.1. The third-order valence-electron chi connectivity index (χ3n) is 3.38. The summed E-state index contributed by atoms with van der Waals surface area (Å²) in [4.78, 5) is 24.5. The zero-order valence-electron chi connectivity index (χ0n) is 13.1. The van der Waals surface area contributed by atoms with Crippen molar-refractivity contribution < 1.29 is 9.59 Å². The van der Waals surface area contributed by atoms with Crippen molar-refractivity contribution in [2.45, 2.75) is 6.54 Å². The monoisotopic (exact) mass is 418 g/mol. The molecule has 3 rings (SSSR count). The quantitative estimate of drug-likeness (QED) is 0.645. The first-order valence-corrected chi connectivity index (χ1v) is 9.17. The van der Waals surface area contributed by atoms with Gasteiger partial charge >= 0.3 is 0 Å². The molecular formula is C17H15BrN4O2S. The van der Waals surface area contributed by atoms with Crippen LogP contribution in [-0.4, -0.2) is 28.1 Å². The summed E-state index contributed by atoms with van der Waals surface area (Å²) in [5.41, 5.74) is 1.06. The number of anilines is 1. The molecule has 0 bridgehead atoms. The van der Waals surface area contributed by atoms with E-state index in [2.05, 4.69) is 31.7 Å². The first-order valence-electron chi connectivity index (χ1n) is 7.49. The van der Waals surface area contributed by atoms with Gasteiger partial charge in [-0.1, -0.05) is 34.1 Å². The van der Waals surface area contributed by atoms with E-state index in [0.717, 1.165) is 10.0 Å². The number of carbonyl (C=O) groups excluding carboxylic acids is 2. The van der Waals surface area contributed by atoms with Gasteiger partial charge in [0.2, 0.25) is 5.91 Å². The molecule has 2 N–H and O–H groups in total. The number of benzene rings is 1. The normalized spacial score (nSPS) is 10.4. The Balaban J connectivity index is 1.56. The minimum Gasteiger partial charge on any atom is -0.342 e. The first-order chi connectivity index (χ1) is 12.1. The second kappa shape index (κ2) is 8.09. The Morgan fingerprint density at radius 2 is 1.96 bits per heavy atom. The van der Waals surface area contributed by atoms with Crippen molar-refractivity contribution in [3.05, 3.63) is 69.0 Å². The molecule has 0 radical (unpaired) electrons. The fourth-order valence-electron chi connectivity index (χ4n) is 2.17. The molecule has 0 aliphatic rings. The molecule has 0 saturated carbocycles. The van der Waals surface area contributed by atoms with Gasteiger partial charge in [-0.05, 0) is 29.1 Å². The Hall–Kier alpha value is -2.45. The Morgan fingerprint density at radius 3 is 2.68 bits per heavy atom. The van der Waals surface area contributed by atoms with Gasteiger partial charge in [-0.15, -0.1) is 11.3 Å². The van der Waals surface area contributed by atoms with Gasteiger partial charge in [0.05, 0.1) is 24.2 Å². The lowest BCUT2D eigenvalue weighted by atomic mass is 10.2. The van der Waals surface area contributed by atoms with E-state index in [4.69, 9.17) is 0 Å². The van der Waals surface area contributed by atoms with Gasteiger partial charge in [0.1, 0.15) is 5.82 Å². The van der Waals surface area contributed by atoms with Crippen LogP contribution >= 0.6 is 27.3 Å². The van der Waals surface area contributed by atoms with E-state index in [9.17, 15) is 9.59 Å². The fraction of sp³-hybridized carbons (Fsp3) is 0.118. The predicted octanol–water partition coefficient (Wildman–Crippen LogP) is 3.12. The summed E-state index contributed by atoms with van der Waals surface area (Å²) in [6.07, 6.45) is 1.62. The molecule has 2 aromatic heterocycles. The molecule has 0 spiro atoms. The average Bonchev–Trinajstić information content (AvgIpc) is 3.27. The second-order valence-electron chi connectivity index (χ2n) is 5.21. The van der Waals surface area contributed by atoms with Crippen LogP contribution in [0.4, 0.5) is 5.82 Å². The number of nitrogens with zero attached hydrogens (tertiary/aromatic N) is 2. The van der Waals surface area contributed by atoms with E-state index in [0.29, 0.717) is 17.2 Å². The van der Waals surface area contributed by atoms with Gasteiger partial charge in [0.25, 0.3) is 5.91 Å². The highest BCUT2D eigenvalue weighted by Crippen LogP contribution is 2.14. The lowest BCUT2D eigenvalue weighted by Crippen LogP contribution is -2.33. The Bertz CT molecular complexity index is 859. The standard InChI is InChI=1S/C17H15BrN4O2S/c18-13-5-3-12(4-6-13)11-22-15(7-8-20-22)21-16(23)10-19-17(24)14-2-1-9-25-14/h1-9H,10-11H2,(H,19,24)(H,21,23). The van der Waals surface area contributed by atoms with E-state index in [-0.39, 0.29) is 18.4 Å². The number of hydrogen-bond donors (Lipinski definition) is 2. The van der Waals surface area contributed by atoms with E-state index in [1.165, 1.54) is 11.3 Å². The second-order valence-corrected chi connectivity index (χ2v) is 7.07. The third kappa shape index (κ3) is 4.77. The van der Waals surface area contributed by atoms with Gasteiger partial charge in [0.15, 0.2) is 0 Å². The van der Waals surface area contributed by atoms with Crippen LogP contribution in [-0.2, 0) is 11.3 Å². The number of thiophene rings is 1. The molecule has 2 amide bonds. The fourth-order valence-corrected chi connectivity index (χ4v) is 3.07. The SMILES string of the molecule is O=C(CNC(=O)c1cccs1)Nc1ccnn1Cc1ccc(Br)cc1. The van der Waals surface area contributed by atoms with Gasteiger partial charge in [-0.25, -0.2) is 4.68 Å². The summed E-state index contributed by atoms with van der Waals surface area (Å²) in [7, 11) is 0. The van der Waals surface area contributed by atoms with Gasteiger partial charge < -0.3 is 10.6 Å². The number of rotatable bonds is 6. The van der Waals surface area contributed by atoms with Crippen molar-refractivity contribution in [3.63, 3.8) is 0 Å². The highest BCUT2D eigenvalue weighted by Gasteiger charge is 2.11. The number of nitrogens with one attached hydrogen (secondary N) is 2. The number of hydrogen-bond acceptors (Lipinski definition) is 4. The maximum Gasteiger partial charge on any atom is 0.261 e. The Morgan fingerprint density at radius 1 is 1.16 bits per heavy atom. The summed E-state index contributed by atoms with van der Waals surface area (Å²) in [6, 6.07) is 13.1. The predicted molar refractivity (Wildman–Crippen MR) is 101 cm³/mol. The number of carbonyl (C=O) groups is 2. The van der Waals surface area contributed by atoms with Crippen molar-refractivity contribution in [1.82, 2.24) is 15.1 Å². The Kier molecular flexibility index (Phi) is 5.62. The van der Waals surface area contributed by atoms with Gasteiger partial charge in [-0.2, -0.15) is 5.10 Å². The summed E-state index contributed by atoms with van der Waals surface area (Å²) in [6.45, 7) is 0.442. The minimum absolute atomic E-state index is 0.0970. The minimum atomic E-state index is -0.303. The lowest BCUT2D eigenvalue weighted by molar-refractivity contribution is -0.115. The molecule has 0 atom stereocenters. The van der Waals surface area contributed by atoms with E-state index >= 15 is 0 Å². The van der Waals surface area contributed by atoms with Crippen molar-refractivity contribution in [3.8, 4) is 0 Å². The summed E-state index contributed by atoms with van der Waals surface area (Å²) in [5.74, 6) is 0.0225. The zero-order valence-corrected chi connectivity index (χ0v) is 15.5. The molecular weight excluding hydrogens is 404 g/mol. The van der Waals surface area contributed by atoms with Crippen LogP contribution in [0.3, 0.4) is 0 Å². The van der Waals surface area contributed by atoms with Crippen LogP contribution in [0.2, 0.25) is 0 Å². The van der Waals surface area contributed by atoms with Crippen LogP contribution in [0.25, 0.3) is 0 Å². The molecule has 6 nitrogen and oxygen atoms in total.